The molecule has 1 aliphatic heterocycles. The van der Waals surface area contributed by atoms with Crippen molar-refractivity contribution in [2.45, 2.75) is 33.2 Å². The molecule has 2 aromatic rings. The van der Waals surface area contributed by atoms with E-state index in [1.54, 1.807) is 0 Å². The molecule has 0 saturated heterocycles. The number of fused-ring (bicyclic) bond motifs is 1. The van der Waals surface area contributed by atoms with Crippen LogP contribution in [0.15, 0.2) is 24.3 Å². The minimum absolute atomic E-state index is 0.804. The van der Waals surface area contributed by atoms with Gasteiger partial charge in [-0.2, -0.15) is 0 Å². The molecule has 3 rings (SSSR count). The molecule has 0 bridgehead atoms. The summed E-state index contributed by atoms with van der Waals surface area (Å²) in [5.74, 6) is 1.87. The van der Waals surface area contributed by atoms with Gasteiger partial charge in [-0.25, -0.2) is 9.97 Å². The van der Waals surface area contributed by atoms with Gasteiger partial charge in [-0.3, -0.25) is 0 Å². The Hall–Kier alpha value is -1.61. The van der Waals surface area contributed by atoms with Crippen LogP contribution in [0.4, 0.5) is 5.82 Å². The first-order valence-electron chi connectivity index (χ1n) is 7.02. The molecule has 1 aliphatic rings. The molecule has 1 aromatic carbocycles. The molecule has 4 heteroatoms. The number of rotatable bonds is 2. The average Bonchev–Trinajstić information content (AvgIpc) is 2.45. The van der Waals surface area contributed by atoms with Crippen molar-refractivity contribution in [2.75, 3.05) is 11.4 Å². The van der Waals surface area contributed by atoms with Crippen LogP contribution >= 0.6 is 11.6 Å². The van der Waals surface area contributed by atoms with Crippen LogP contribution in [-0.2, 0) is 19.4 Å². The SMILES string of the molecule is CCc1cc(N2CCc3ccc(Cl)cc3C2)nc(C)n1. The predicted octanol–water partition coefficient (Wildman–Crippen LogP) is 3.56. The fourth-order valence-corrected chi connectivity index (χ4v) is 2.87. The summed E-state index contributed by atoms with van der Waals surface area (Å²) in [4.78, 5) is 11.3. The summed E-state index contributed by atoms with van der Waals surface area (Å²) in [5.41, 5.74) is 3.80. The molecule has 1 aromatic heterocycles. The summed E-state index contributed by atoms with van der Waals surface area (Å²) in [6, 6.07) is 8.28. The van der Waals surface area contributed by atoms with E-state index in [1.807, 2.05) is 13.0 Å². The van der Waals surface area contributed by atoms with Gasteiger partial charge in [-0.05, 0) is 43.0 Å². The van der Waals surface area contributed by atoms with E-state index in [9.17, 15) is 0 Å². The monoisotopic (exact) mass is 287 g/mol. The Bertz CT molecular complexity index is 640. The van der Waals surface area contributed by atoms with Gasteiger partial charge in [0.15, 0.2) is 0 Å². The number of hydrogen-bond acceptors (Lipinski definition) is 3. The zero-order chi connectivity index (χ0) is 14.1. The molecule has 0 amide bonds. The highest BCUT2D eigenvalue weighted by atomic mass is 35.5. The first kappa shape index (κ1) is 13.4. The summed E-state index contributed by atoms with van der Waals surface area (Å²) in [6.45, 7) is 5.94. The topological polar surface area (TPSA) is 29.0 Å². The van der Waals surface area contributed by atoms with E-state index < -0.39 is 0 Å². The second-order valence-electron chi connectivity index (χ2n) is 5.20. The van der Waals surface area contributed by atoms with Gasteiger partial charge < -0.3 is 4.90 Å². The van der Waals surface area contributed by atoms with Crippen molar-refractivity contribution in [1.29, 1.82) is 0 Å². The molecule has 104 valence electrons. The van der Waals surface area contributed by atoms with Crippen LogP contribution in [0.1, 0.15) is 29.6 Å². The molecule has 3 nitrogen and oxygen atoms in total. The van der Waals surface area contributed by atoms with E-state index in [4.69, 9.17) is 11.6 Å². The number of anilines is 1. The molecule has 2 heterocycles. The number of nitrogens with zero attached hydrogens (tertiary/aromatic N) is 3. The lowest BCUT2D eigenvalue weighted by Crippen LogP contribution is -2.31. The van der Waals surface area contributed by atoms with Crippen LogP contribution in [0.2, 0.25) is 5.02 Å². The number of aromatic nitrogens is 2. The fourth-order valence-electron chi connectivity index (χ4n) is 2.68. The third kappa shape index (κ3) is 2.63. The summed E-state index contributed by atoms with van der Waals surface area (Å²) >= 11 is 6.10. The van der Waals surface area contributed by atoms with Gasteiger partial charge in [-0.15, -0.1) is 0 Å². The molecule has 0 radical (unpaired) electrons. The maximum atomic E-state index is 6.10. The fraction of sp³-hybridized carbons (Fsp3) is 0.375. The minimum atomic E-state index is 0.804. The molecule has 20 heavy (non-hydrogen) atoms. The van der Waals surface area contributed by atoms with Gasteiger partial charge in [0.2, 0.25) is 0 Å². The third-order valence-electron chi connectivity index (χ3n) is 3.74. The van der Waals surface area contributed by atoms with Gasteiger partial charge in [0, 0.05) is 29.9 Å². The van der Waals surface area contributed by atoms with Gasteiger partial charge in [0.25, 0.3) is 0 Å². The van der Waals surface area contributed by atoms with Crippen molar-refractivity contribution < 1.29 is 0 Å². The Morgan fingerprint density at radius 2 is 2.05 bits per heavy atom. The lowest BCUT2D eigenvalue weighted by Gasteiger charge is -2.30. The van der Waals surface area contributed by atoms with Gasteiger partial charge >= 0.3 is 0 Å². The van der Waals surface area contributed by atoms with E-state index in [0.29, 0.717) is 0 Å². The van der Waals surface area contributed by atoms with E-state index in [1.165, 1.54) is 11.1 Å². The van der Waals surface area contributed by atoms with Crippen molar-refractivity contribution in [3.63, 3.8) is 0 Å². The van der Waals surface area contributed by atoms with Gasteiger partial charge in [0.1, 0.15) is 11.6 Å². The van der Waals surface area contributed by atoms with E-state index in [2.05, 4.69) is 40.0 Å². The van der Waals surface area contributed by atoms with Crippen molar-refractivity contribution in [2.24, 2.45) is 0 Å². The molecule has 0 spiro atoms. The van der Waals surface area contributed by atoms with Crippen LogP contribution in [-0.4, -0.2) is 16.5 Å². The van der Waals surface area contributed by atoms with Crippen LogP contribution in [0.5, 0.6) is 0 Å². The summed E-state index contributed by atoms with van der Waals surface area (Å²) in [6.07, 6.45) is 1.98. The molecule has 0 aliphatic carbocycles. The molecule has 0 N–H and O–H groups in total. The predicted molar refractivity (Wildman–Crippen MR) is 82.4 cm³/mol. The van der Waals surface area contributed by atoms with Gasteiger partial charge in [-0.1, -0.05) is 24.6 Å². The molecular weight excluding hydrogens is 270 g/mol. The summed E-state index contributed by atoms with van der Waals surface area (Å²) in [5, 5.41) is 0.804. The van der Waals surface area contributed by atoms with Crippen LogP contribution in [0, 0.1) is 6.92 Å². The lowest BCUT2D eigenvalue weighted by atomic mass is 10.00. The normalized spacial score (nSPS) is 14.2. The van der Waals surface area contributed by atoms with Gasteiger partial charge in [0.05, 0.1) is 0 Å². The van der Waals surface area contributed by atoms with Crippen LogP contribution < -0.4 is 4.90 Å². The summed E-state index contributed by atoms with van der Waals surface area (Å²) < 4.78 is 0. The van der Waals surface area contributed by atoms with E-state index in [0.717, 1.165) is 48.3 Å². The molecular formula is C16H18ClN3. The van der Waals surface area contributed by atoms with Crippen molar-refractivity contribution >= 4 is 17.4 Å². The highest BCUT2D eigenvalue weighted by Gasteiger charge is 2.18. The van der Waals surface area contributed by atoms with Crippen LogP contribution in [0.3, 0.4) is 0 Å². The Morgan fingerprint density at radius 1 is 1.20 bits per heavy atom. The second-order valence-corrected chi connectivity index (χ2v) is 5.64. The lowest BCUT2D eigenvalue weighted by molar-refractivity contribution is 0.714. The second kappa shape index (κ2) is 5.41. The third-order valence-corrected chi connectivity index (χ3v) is 3.98. The summed E-state index contributed by atoms with van der Waals surface area (Å²) in [7, 11) is 0. The van der Waals surface area contributed by atoms with E-state index >= 15 is 0 Å². The zero-order valence-electron chi connectivity index (χ0n) is 11.9. The maximum absolute atomic E-state index is 6.10. The minimum Gasteiger partial charge on any atom is -0.352 e. The molecule has 0 saturated carbocycles. The first-order chi connectivity index (χ1) is 9.65. The smallest absolute Gasteiger partial charge is 0.132 e. The standard InChI is InChI=1S/C16H18ClN3/c1-3-15-9-16(19-11(2)18-15)20-7-6-12-4-5-14(17)8-13(12)10-20/h4-5,8-9H,3,6-7,10H2,1-2H3. The highest BCUT2D eigenvalue weighted by Crippen LogP contribution is 2.26. The Labute approximate surface area is 124 Å². The Morgan fingerprint density at radius 3 is 2.85 bits per heavy atom. The Balaban J connectivity index is 1.91. The Kier molecular flexibility index (Phi) is 3.62. The molecule has 0 unspecified atom stereocenters. The van der Waals surface area contributed by atoms with E-state index in [-0.39, 0.29) is 0 Å². The van der Waals surface area contributed by atoms with Crippen molar-refractivity contribution in [3.8, 4) is 0 Å². The van der Waals surface area contributed by atoms with Crippen molar-refractivity contribution in [1.82, 2.24) is 9.97 Å². The quantitative estimate of drug-likeness (QED) is 0.846. The molecule has 0 atom stereocenters. The van der Waals surface area contributed by atoms with Crippen molar-refractivity contribution in [3.05, 3.63) is 51.9 Å². The maximum Gasteiger partial charge on any atom is 0.132 e. The zero-order valence-corrected chi connectivity index (χ0v) is 12.6. The van der Waals surface area contributed by atoms with Crippen LogP contribution in [0.25, 0.3) is 0 Å². The first-order valence-corrected chi connectivity index (χ1v) is 7.40. The number of halogens is 1. The molecule has 0 fully saturated rings. The largest absolute Gasteiger partial charge is 0.352 e. The number of hydrogen-bond donors (Lipinski definition) is 0. The highest BCUT2D eigenvalue weighted by molar-refractivity contribution is 6.30. The average molecular weight is 288 g/mol. The number of benzene rings is 1. The number of aryl methyl sites for hydroxylation is 2.